The fourth-order valence-electron chi connectivity index (χ4n) is 5.45. The molecule has 1 aliphatic heterocycles. The summed E-state index contributed by atoms with van der Waals surface area (Å²) in [6.07, 6.45) is 2.11. The summed E-state index contributed by atoms with van der Waals surface area (Å²) in [5.41, 5.74) is 6.55. The van der Waals surface area contributed by atoms with Crippen LogP contribution in [0.1, 0.15) is 35.4 Å². The predicted octanol–water partition coefficient (Wildman–Crippen LogP) is 5.89. The van der Waals surface area contributed by atoms with Gasteiger partial charge in [0.05, 0.1) is 17.6 Å². The Hall–Kier alpha value is -3.64. The summed E-state index contributed by atoms with van der Waals surface area (Å²) in [7, 11) is 0. The van der Waals surface area contributed by atoms with Gasteiger partial charge in [-0.15, -0.1) is 0 Å². The molecule has 0 atom stereocenters. The van der Waals surface area contributed by atoms with Gasteiger partial charge in [-0.2, -0.15) is 0 Å². The predicted molar refractivity (Wildman–Crippen MR) is 149 cm³/mol. The average molecular weight is 497 g/mol. The number of piperidine rings is 1. The first-order valence-corrected chi connectivity index (χ1v) is 13.2. The number of aryl methyl sites for hydroxylation is 3. The Morgan fingerprint density at radius 1 is 0.973 bits per heavy atom. The number of benzene rings is 3. The van der Waals surface area contributed by atoms with Crippen molar-refractivity contribution in [3.8, 4) is 5.75 Å². The lowest BCUT2D eigenvalue weighted by Crippen LogP contribution is -2.40. The van der Waals surface area contributed by atoms with Gasteiger partial charge < -0.3 is 14.6 Å². The van der Waals surface area contributed by atoms with Crippen molar-refractivity contribution in [2.24, 2.45) is 5.92 Å². The number of anilines is 1. The molecule has 6 heteroatoms. The molecule has 1 amide bonds. The molecule has 2 heterocycles. The normalized spacial score (nSPS) is 14.7. The largest absolute Gasteiger partial charge is 0.486 e. The molecule has 0 radical (unpaired) electrons. The van der Waals surface area contributed by atoms with Gasteiger partial charge in [0.25, 0.3) is 0 Å². The molecule has 6 nitrogen and oxygen atoms in total. The first kappa shape index (κ1) is 25.0. The van der Waals surface area contributed by atoms with Gasteiger partial charge in [-0.3, -0.25) is 9.69 Å². The Morgan fingerprint density at radius 2 is 1.65 bits per heavy atom. The van der Waals surface area contributed by atoms with Crippen LogP contribution in [0.15, 0.2) is 66.7 Å². The summed E-state index contributed by atoms with van der Waals surface area (Å²) in [4.78, 5) is 20.0. The van der Waals surface area contributed by atoms with Crippen molar-refractivity contribution in [3.05, 3.63) is 89.2 Å². The van der Waals surface area contributed by atoms with Crippen molar-refractivity contribution < 1.29 is 9.53 Å². The highest BCUT2D eigenvalue weighted by atomic mass is 16.5. The van der Waals surface area contributed by atoms with Crippen LogP contribution in [-0.2, 0) is 17.9 Å². The molecule has 1 aliphatic rings. The molecule has 192 valence electrons. The number of nitrogens with zero attached hydrogens (tertiary/aromatic N) is 3. The summed E-state index contributed by atoms with van der Waals surface area (Å²) >= 11 is 0. The number of ether oxygens (including phenoxy) is 1. The molecule has 0 aliphatic carbocycles. The maximum absolute atomic E-state index is 12.8. The number of imidazole rings is 1. The van der Waals surface area contributed by atoms with Crippen molar-refractivity contribution in [3.63, 3.8) is 0 Å². The maximum Gasteiger partial charge on any atom is 0.238 e. The van der Waals surface area contributed by atoms with E-state index in [4.69, 9.17) is 9.72 Å². The molecule has 0 saturated carbocycles. The first-order chi connectivity index (χ1) is 18.0. The smallest absolute Gasteiger partial charge is 0.238 e. The van der Waals surface area contributed by atoms with E-state index in [-0.39, 0.29) is 5.91 Å². The SMILES string of the molecule is Cc1cc(C)c(NC(=O)CN2CCC(Cn3c(COc4ccccc4)nc4ccccc43)CC2)c(C)c1. The van der Waals surface area contributed by atoms with E-state index in [2.05, 4.69) is 65.9 Å². The highest BCUT2D eigenvalue weighted by molar-refractivity contribution is 5.93. The van der Waals surface area contributed by atoms with Crippen molar-refractivity contribution >= 4 is 22.6 Å². The van der Waals surface area contributed by atoms with Gasteiger partial charge in [0.2, 0.25) is 5.91 Å². The number of carbonyl (C=O) groups is 1. The van der Waals surface area contributed by atoms with Gasteiger partial charge >= 0.3 is 0 Å². The first-order valence-electron chi connectivity index (χ1n) is 13.2. The summed E-state index contributed by atoms with van der Waals surface area (Å²) in [5.74, 6) is 2.41. The van der Waals surface area contributed by atoms with Crippen LogP contribution in [-0.4, -0.2) is 40.0 Å². The highest BCUT2D eigenvalue weighted by Gasteiger charge is 2.23. The molecule has 1 fully saturated rings. The van der Waals surface area contributed by atoms with Crippen LogP contribution >= 0.6 is 0 Å². The molecular weight excluding hydrogens is 460 g/mol. The molecule has 1 saturated heterocycles. The maximum atomic E-state index is 12.8. The Balaban J connectivity index is 1.19. The summed E-state index contributed by atoms with van der Waals surface area (Å²) in [6.45, 7) is 9.83. The van der Waals surface area contributed by atoms with E-state index >= 15 is 0 Å². The number of carbonyl (C=O) groups excluding carboxylic acids is 1. The van der Waals surface area contributed by atoms with Crippen LogP contribution in [0.25, 0.3) is 11.0 Å². The fourth-order valence-corrected chi connectivity index (χ4v) is 5.45. The average Bonchev–Trinajstić information content (AvgIpc) is 3.24. The van der Waals surface area contributed by atoms with Gasteiger partial charge in [0.15, 0.2) is 0 Å². The number of para-hydroxylation sites is 3. The van der Waals surface area contributed by atoms with Gasteiger partial charge in [-0.1, -0.05) is 48.0 Å². The van der Waals surface area contributed by atoms with Crippen LogP contribution in [0, 0.1) is 26.7 Å². The number of fused-ring (bicyclic) bond motifs is 1. The van der Waals surface area contributed by atoms with Crippen LogP contribution in [0.5, 0.6) is 5.75 Å². The molecule has 0 unspecified atom stereocenters. The van der Waals surface area contributed by atoms with Crippen molar-refractivity contribution in [1.29, 1.82) is 0 Å². The second-order valence-corrected chi connectivity index (χ2v) is 10.3. The van der Waals surface area contributed by atoms with Crippen LogP contribution in [0.2, 0.25) is 0 Å². The quantitative estimate of drug-likeness (QED) is 0.330. The molecule has 3 aromatic carbocycles. The van der Waals surface area contributed by atoms with Gasteiger partial charge in [-0.05, 0) is 88.0 Å². The third-order valence-electron chi connectivity index (χ3n) is 7.30. The monoisotopic (exact) mass is 496 g/mol. The zero-order valence-electron chi connectivity index (χ0n) is 22.0. The van der Waals surface area contributed by atoms with Crippen LogP contribution in [0.4, 0.5) is 5.69 Å². The zero-order valence-corrected chi connectivity index (χ0v) is 22.0. The standard InChI is InChI=1S/C31H36N4O2/c1-22-17-23(2)31(24(3)18-22)33-30(36)20-34-15-13-25(14-16-34)19-35-28-12-8-7-11-27(28)32-29(35)21-37-26-9-5-4-6-10-26/h4-12,17-18,25H,13-16,19-21H2,1-3H3,(H,33,36). The highest BCUT2D eigenvalue weighted by Crippen LogP contribution is 2.25. The summed E-state index contributed by atoms with van der Waals surface area (Å²) < 4.78 is 8.38. The summed E-state index contributed by atoms with van der Waals surface area (Å²) in [6, 6.07) is 22.4. The number of likely N-dealkylation sites (tertiary alicyclic amines) is 1. The number of hydrogen-bond acceptors (Lipinski definition) is 4. The number of amides is 1. The number of nitrogens with one attached hydrogen (secondary N) is 1. The van der Waals surface area contributed by atoms with Gasteiger partial charge in [0.1, 0.15) is 18.2 Å². The fraction of sp³-hybridized carbons (Fsp3) is 0.355. The molecule has 4 aromatic rings. The number of hydrogen-bond donors (Lipinski definition) is 1. The number of rotatable bonds is 8. The summed E-state index contributed by atoms with van der Waals surface area (Å²) in [5, 5.41) is 3.15. The third-order valence-corrected chi connectivity index (χ3v) is 7.30. The van der Waals surface area contributed by atoms with E-state index in [0.29, 0.717) is 19.1 Å². The zero-order chi connectivity index (χ0) is 25.8. The molecule has 5 rings (SSSR count). The molecule has 0 bridgehead atoms. The van der Waals surface area contributed by atoms with E-state index in [1.807, 2.05) is 36.4 Å². The minimum atomic E-state index is 0.0643. The molecule has 1 N–H and O–H groups in total. The Kier molecular flexibility index (Phi) is 7.56. The van der Waals surface area contributed by atoms with Crippen molar-refractivity contribution in [1.82, 2.24) is 14.5 Å². The van der Waals surface area contributed by atoms with E-state index in [0.717, 1.165) is 71.9 Å². The molecule has 37 heavy (non-hydrogen) atoms. The topological polar surface area (TPSA) is 59.4 Å². The van der Waals surface area contributed by atoms with E-state index in [1.54, 1.807) is 0 Å². The van der Waals surface area contributed by atoms with Crippen molar-refractivity contribution in [2.75, 3.05) is 25.0 Å². The van der Waals surface area contributed by atoms with E-state index in [1.165, 1.54) is 5.56 Å². The second kappa shape index (κ2) is 11.2. The van der Waals surface area contributed by atoms with E-state index in [9.17, 15) is 4.79 Å². The third kappa shape index (κ3) is 6.03. The lowest BCUT2D eigenvalue weighted by molar-refractivity contribution is -0.117. The second-order valence-electron chi connectivity index (χ2n) is 10.3. The van der Waals surface area contributed by atoms with Crippen molar-refractivity contribution in [2.45, 2.75) is 46.8 Å². The number of aromatic nitrogens is 2. The van der Waals surface area contributed by atoms with E-state index < -0.39 is 0 Å². The Morgan fingerprint density at radius 3 is 2.38 bits per heavy atom. The lowest BCUT2D eigenvalue weighted by Gasteiger charge is -2.32. The Labute approximate surface area is 219 Å². The van der Waals surface area contributed by atoms with Crippen LogP contribution in [0.3, 0.4) is 0 Å². The van der Waals surface area contributed by atoms with Gasteiger partial charge in [0, 0.05) is 12.2 Å². The molecule has 0 spiro atoms. The minimum absolute atomic E-state index is 0.0643. The Bertz CT molecular complexity index is 1350. The van der Waals surface area contributed by atoms with Gasteiger partial charge in [-0.25, -0.2) is 4.98 Å². The minimum Gasteiger partial charge on any atom is -0.486 e. The lowest BCUT2D eigenvalue weighted by atomic mass is 9.96. The van der Waals surface area contributed by atoms with Crippen LogP contribution < -0.4 is 10.1 Å². The molecular formula is C31H36N4O2. The molecule has 1 aromatic heterocycles.